The van der Waals surface area contributed by atoms with Crippen LogP contribution in [-0.4, -0.2) is 34.1 Å². The van der Waals surface area contributed by atoms with Crippen LogP contribution in [0, 0.1) is 29.1 Å². The number of hydrogen-bond acceptors (Lipinski definition) is 3. The van der Waals surface area contributed by atoms with Crippen molar-refractivity contribution in [2.45, 2.75) is 97.2 Å². The fourth-order valence-corrected chi connectivity index (χ4v) is 6.86. The Morgan fingerprint density at radius 3 is 2.65 bits per heavy atom. The number of hydrogen-bond donors (Lipinski definition) is 3. The van der Waals surface area contributed by atoms with Gasteiger partial charge in [0.25, 0.3) is 0 Å². The minimum Gasteiger partial charge on any atom is -0.396 e. The maximum atomic E-state index is 13.4. The van der Waals surface area contributed by atoms with Crippen LogP contribution in [0.25, 0.3) is 0 Å². The van der Waals surface area contributed by atoms with Gasteiger partial charge in [-0.15, -0.1) is 0 Å². The van der Waals surface area contributed by atoms with E-state index in [1.807, 2.05) is 6.08 Å². The summed E-state index contributed by atoms with van der Waals surface area (Å²) < 4.78 is 13.4. The van der Waals surface area contributed by atoms with Gasteiger partial charge in [0.1, 0.15) is 0 Å². The van der Waals surface area contributed by atoms with Gasteiger partial charge in [-0.2, -0.15) is 0 Å². The van der Waals surface area contributed by atoms with Crippen molar-refractivity contribution in [1.29, 1.82) is 0 Å². The first-order chi connectivity index (χ1) is 14.8. The zero-order chi connectivity index (χ0) is 22.6. The van der Waals surface area contributed by atoms with Crippen LogP contribution in [0.5, 0.6) is 0 Å². The van der Waals surface area contributed by atoms with Gasteiger partial charge in [0.2, 0.25) is 0 Å². The van der Waals surface area contributed by atoms with Crippen molar-refractivity contribution in [3.63, 3.8) is 0 Å². The van der Waals surface area contributed by atoms with E-state index in [4.69, 9.17) is 0 Å². The first kappa shape index (κ1) is 24.7. The SMILES string of the molecule is CC(CO)CCC[C@@H](C)C1CCC2/C(=C/C=C3/C[C@@H](O)C[C@H](O)/C3=C\F)CCCC21C. The van der Waals surface area contributed by atoms with Gasteiger partial charge in [-0.05, 0) is 79.6 Å². The molecule has 0 aromatic heterocycles. The second-order valence-corrected chi connectivity index (χ2v) is 10.9. The molecule has 0 radical (unpaired) electrons. The van der Waals surface area contributed by atoms with E-state index >= 15 is 0 Å². The summed E-state index contributed by atoms with van der Waals surface area (Å²) in [6.45, 7) is 7.32. The molecular weight excluding hydrogens is 391 g/mol. The van der Waals surface area contributed by atoms with Crippen LogP contribution < -0.4 is 0 Å². The van der Waals surface area contributed by atoms with E-state index < -0.39 is 12.2 Å². The topological polar surface area (TPSA) is 60.7 Å². The average molecular weight is 435 g/mol. The van der Waals surface area contributed by atoms with Crippen molar-refractivity contribution >= 4 is 0 Å². The molecule has 0 aliphatic heterocycles. The highest BCUT2D eigenvalue weighted by molar-refractivity contribution is 5.39. The van der Waals surface area contributed by atoms with Crippen molar-refractivity contribution < 1.29 is 19.7 Å². The molecule has 7 atom stereocenters. The van der Waals surface area contributed by atoms with E-state index in [2.05, 4.69) is 26.8 Å². The second kappa shape index (κ2) is 10.8. The molecular formula is C27H43FO3. The highest BCUT2D eigenvalue weighted by atomic mass is 19.1. The molecule has 3 rings (SSSR count). The number of allylic oxidation sites excluding steroid dienone is 3. The van der Waals surface area contributed by atoms with Crippen molar-refractivity contribution in [1.82, 2.24) is 0 Å². The van der Waals surface area contributed by atoms with Crippen LogP contribution in [0.3, 0.4) is 0 Å². The van der Waals surface area contributed by atoms with Gasteiger partial charge >= 0.3 is 0 Å². The number of fused-ring (bicyclic) bond motifs is 1. The van der Waals surface area contributed by atoms with Gasteiger partial charge in [-0.3, -0.25) is 0 Å². The summed E-state index contributed by atoms with van der Waals surface area (Å²) in [5.74, 6) is 2.41. The summed E-state index contributed by atoms with van der Waals surface area (Å²) in [6.07, 6.45) is 13.4. The van der Waals surface area contributed by atoms with E-state index in [1.165, 1.54) is 44.1 Å². The van der Waals surface area contributed by atoms with Crippen LogP contribution in [0.2, 0.25) is 0 Å². The van der Waals surface area contributed by atoms with Gasteiger partial charge in [0.05, 0.1) is 18.5 Å². The number of halogens is 1. The molecule has 3 N–H and O–H groups in total. The van der Waals surface area contributed by atoms with Gasteiger partial charge in [0, 0.05) is 18.6 Å². The van der Waals surface area contributed by atoms with Crippen LogP contribution in [0.1, 0.15) is 85.0 Å². The molecule has 3 aliphatic rings. The molecule has 0 heterocycles. The molecule has 0 bridgehead atoms. The van der Waals surface area contributed by atoms with Gasteiger partial charge in [-0.1, -0.05) is 51.3 Å². The Kier molecular flexibility index (Phi) is 8.57. The van der Waals surface area contributed by atoms with Crippen LogP contribution >= 0.6 is 0 Å². The molecule has 0 amide bonds. The van der Waals surface area contributed by atoms with E-state index in [1.54, 1.807) is 0 Å². The number of aliphatic hydroxyl groups is 3. The third-order valence-corrected chi connectivity index (χ3v) is 8.69. The molecule has 3 aliphatic carbocycles. The third-order valence-electron chi connectivity index (χ3n) is 8.69. The largest absolute Gasteiger partial charge is 0.396 e. The zero-order valence-corrected chi connectivity index (χ0v) is 19.7. The predicted octanol–water partition coefficient (Wildman–Crippen LogP) is 5.86. The highest BCUT2D eigenvalue weighted by Gasteiger charge is 2.50. The molecule has 0 aromatic carbocycles. The highest BCUT2D eigenvalue weighted by Crippen LogP contribution is 2.60. The molecule has 0 aromatic rings. The Morgan fingerprint density at radius 2 is 1.94 bits per heavy atom. The van der Waals surface area contributed by atoms with Crippen molar-refractivity contribution in [3.05, 3.63) is 35.2 Å². The van der Waals surface area contributed by atoms with E-state index in [0.717, 1.165) is 24.3 Å². The second-order valence-electron chi connectivity index (χ2n) is 10.9. The van der Waals surface area contributed by atoms with Crippen molar-refractivity contribution in [3.8, 4) is 0 Å². The molecule has 31 heavy (non-hydrogen) atoms. The van der Waals surface area contributed by atoms with E-state index in [0.29, 0.717) is 41.5 Å². The molecule has 3 fully saturated rings. The van der Waals surface area contributed by atoms with Gasteiger partial charge in [0.15, 0.2) is 0 Å². The van der Waals surface area contributed by atoms with Crippen LogP contribution in [0.15, 0.2) is 35.2 Å². The first-order valence-electron chi connectivity index (χ1n) is 12.5. The maximum Gasteiger partial charge on any atom is 0.0927 e. The minimum absolute atomic E-state index is 0.209. The lowest BCUT2D eigenvalue weighted by Crippen LogP contribution is -2.36. The number of aliphatic hydroxyl groups excluding tert-OH is 3. The summed E-state index contributed by atoms with van der Waals surface area (Å²) in [5.41, 5.74) is 2.86. The Hall–Kier alpha value is -0.970. The Balaban J connectivity index is 1.71. The monoisotopic (exact) mass is 434 g/mol. The van der Waals surface area contributed by atoms with E-state index in [-0.39, 0.29) is 13.0 Å². The fourth-order valence-electron chi connectivity index (χ4n) is 6.86. The standard InChI is InChI=1S/C27H43FO3/c1-18(17-29)6-4-7-19(2)24-11-12-25-20(8-5-13-27(24,25)3)9-10-21-14-22(30)15-26(31)23(21)16-28/h9-10,16,18-19,22,24-26,29-31H,4-8,11-15,17H2,1-3H3/b20-9+,21-10-,23-16-/t18?,19-,22-,24?,25?,26+,27?/m1/s1. The minimum atomic E-state index is -0.916. The smallest absolute Gasteiger partial charge is 0.0927 e. The summed E-state index contributed by atoms with van der Waals surface area (Å²) in [6, 6.07) is 0. The zero-order valence-electron chi connectivity index (χ0n) is 19.7. The normalized spacial score (nSPS) is 39.8. The average Bonchev–Trinajstić information content (AvgIpc) is 3.09. The summed E-state index contributed by atoms with van der Waals surface area (Å²) in [4.78, 5) is 0. The van der Waals surface area contributed by atoms with Crippen LogP contribution in [-0.2, 0) is 0 Å². The molecule has 176 valence electrons. The first-order valence-corrected chi connectivity index (χ1v) is 12.5. The Bertz CT molecular complexity index is 697. The van der Waals surface area contributed by atoms with E-state index in [9.17, 15) is 19.7 Å². The predicted molar refractivity (Wildman–Crippen MR) is 124 cm³/mol. The summed E-state index contributed by atoms with van der Waals surface area (Å²) >= 11 is 0. The Labute approximate surface area is 188 Å². The Morgan fingerprint density at radius 1 is 1.16 bits per heavy atom. The summed E-state index contributed by atoms with van der Waals surface area (Å²) in [5, 5.41) is 29.4. The molecule has 0 saturated heterocycles. The number of rotatable bonds is 7. The van der Waals surface area contributed by atoms with Gasteiger partial charge in [-0.25, -0.2) is 4.39 Å². The fraction of sp³-hybridized carbons (Fsp3) is 0.778. The quantitative estimate of drug-likeness (QED) is 0.470. The van der Waals surface area contributed by atoms with Crippen LogP contribution in [0.4, 0.5) is 4.39 Å². The maximum absolute atomic E-state index is 13.4. The van der Waals surface area contributed by atoms with Crippen molar-refractivity contribution in [2.24, 2.45) is 29.1 Å². The van der Waals surface area contributed by atoms with Gasteiger partial charge < -0.3 is 15.3 Å². The third kappa shape index (κ3) is 5.51. The molecule has 4 unspecified atom stereocenters. The van der Waals surface area contributed by atoms with Crippen molar-refractivity contribution in [2.75, 3.05) is 6.61 Å². The lowest BCUT2D eigenvalue weighted by atomic mass is 9.60. The molecule has 0 spiro atoms. The molecule has 3 nitrogen and oxygen atoms in total. The lowest BCUT2D eigenvalue weighted by Gasteiger charge is -2.44. The summed E-state index contributed by atoms with van der Waals surface area (Å²) in [7, 11) is 0. The molecule has 3 saturated carbocycles. The molecule has 4 heteroatoms. The lowest BCUT2D eigenvalue weighted by molar-refractivity contribution is 0.0850.